The van der Waals surface area contributed by atoms with Gasteiger partial charge in [0.15, 0.2) is 0 Å². The van der Waals surface area contributed by atoms with Crippen molar-refractivity contribution in [2.75, 3.05) is 4.90 Å². The second kappa shape index (κ2) is 16.3. The third-order valence-electron chi connectivity index (χ3n) is 14.3. The van der Waals surface area contributed by atoms with Crippen LogP contribution in [0.15, 0.2) is 273 Å². The number of hydrogen-bond donors (Lipinski definition) is 0. The van der Waals surface area contributed by atoms with Crippen molar-refractivity contribution in [1.82, 2.24) is 0 Å². The zero-order valence-electron chi connectivity index (χ0n) is 37.4. The highest BCUT2D eigenvalue weighted by molar-refractivity contribution is 6.24. The summed E-state index contributed by atoms with van der Waals surface area (Å²) >= 11 is 0. The van der Waals surface area contributed by atoms with Gasteiger partial charge in [0, 0.05) is 22.3 Å². The highest BCUT2D eigenvalue weighted by atomic mass is 15.1. The maximum atomic E-state index is 2.52. The Morgan fingerprint density at radius 3 is 1.35 bits per heavy atom. The minimum atomic E-state index is -0.502. The van der Waals surface area contributed by atoms with E-state index in [1.165, 1.54) is 99.1 Å². The van der Waals surface area contributed by atoms with Crippen LogP contribution < -0.4 is 4.90 Å². The molecule has 0 spiro atoms. The number of hydrogen-bond acceptors (Lipinski definition) is 1. The van der Waals surface area contributed by atoms with Crippen LogP contribution in [0.25, 0.3) is 76.8 Å². The van der Waals surface area contributed by atoms with Crippen LogP contribution in [0.5, 0.6) is 0 Å². The molecule has 0 unspecified atom stereocenters. The fraction of sp³-hybridized carbons (Fsp3) is 0.0149. The summed E-state index contributed by atoms with van der Waals surface area (Å²) in [7, 11) is 0. The first-order valence-electron chi connectivity index (χ1n) is 23.6. The first-order chi connectivity index (χ1) is 33.8. The Morgan fingerprint density at radius 2 is 0.691 bits per heavy atom. The summed E-state index contributed by atoms with van der Waals surface area (Å²) < 4.78 is 0. The van der Waals surface area contributed by atoms with Crippen molar-refractivity contribution in [1.29, 1.82) is 0 Å². The first-order valence-corrected chi connectivity index (χ1v) is 23.6. The van der Waals surface area contributed by atoms with Crippen molar-refractivity contribution in [2.24, 2.45) is 0 Å². The molecule has 0 aliphatic heterocycles. The van der Waals surface area contributed by atoms with Gasteiger partial charge < -0.3 is 4.90 Å². The molecule has 1 heteroatoms. The Bertz CT molecular complexity index is 3780. The van der Waals surface area contributed by atoms with E-state index in [0.717, 1.165) is 17.1 Å². The molecule has 0 heterocycles. The Hall–Kier alpha value is -8.78. The zero-order valence-corrected chi connectivity index (χ0v) is 37.4. The number of nitrogens with zero attached hydrogens (tertiary/aromatic N) is 1. The zero-order chi connectivity index (χ0) is 45.0. The molecule has 13 rings (SSSR count). The van der Waals surface area contributed by atoms with Crippen LogP contribution in [0.4, 0.5) is 17.1 Å². The summed E-state index contributed by atoms with van der Waals surface area (Å²) in [5.41, 5.74) is 17.7. The molecule has 0 amide bonds. The molecule has 0 aromatic heterocycles. The fourth-order valence-electron chi connectivity index (χ4n) is 11.4. The second-order valence-electron chi connectivity index (χ2n) is 17.9. The van der Waals surface area contributed by atoms with Crippen LogP contribution in [-0.2, 0) is 5.41 Å². The van der Waals surface area contributed by atoms with Gasteiger partial charge in [-0.1, -0.05) is 243 Å². The standard InChI is InChI=1S/C67H45N/c1-3-19-46(20-4-1)49-23-17-24-50(45-49)47-37-41-53(42-38-47)68(66-62-33-12-10-29-57(62)56-28-9-11-32-61(56)65(66)60-34-18-22-48-21-7-8-27-55(48)60)54-43-39-52(40-44-54)67(51-25-5-2-6-26-51)63-35-15-13-30-58(63)59-31-14-16-36-64(59)67/h1-45H. The minimum Gasteiger partial charge on any atom is -0.309 e. The van der Waals surface area contributed by atoms with Crippen LogP contribution in [0, 0.1) is 0 Å². The maximum absolute atomic E-state index is 2.52. The largest absolute Gasteiger partial charge is 0.309 e. The van der Waals surface area contributed by atoms with E-state index in [0.29, 0.717) is 0 Å². The van der Waals surface area contributed by atoms with Crippen molar-refractivity contribution >= 4 is 49.4 Å². The van der Waals surface area contributed by atoms with E-state index in [9.17, 15) is 0 Å². The SMILES string of the molecule is c1ccc(-c2cccc(-c3ccc(N(c4ccc(C5(c6ccccc6)c6ccccc6-c6ccccc65)cc4)c4c(-c5cccc6ccccc56)c5ccccc5c5ccccc45)cc3)c2)cc1. The third-order valence-corrected chi connectivity index (χ3v) is 14.3. The number of benzene rings is 12. The Balaban J connectivity index is 1.07. The van der Waals surface area contributed by atoms with Gasteiger partial charge in [-0.25, -0.2) is 0 Å². The van der Waals surface area contributed by atoms with Gasteiger partial charge in [0.1, 0.15) is 0 Å². The van der Waals surface area contributed by atoms with Crippen molar-refractivity contribution in [3.05, 3.63) is 295 Å². The molecular formula is C67H45N. The van der Waals surface area contributed by atoms with Crippen molar-refractivity contribution in [3.63, 3.8) is 0 Å². The van der Waals surface area contributed by atoms with E-state index < -0.39 is 5.41 Å². The quantitative estimate of drug-likeness (QED) is 0.138. The van der Waals surface area contributed by atoms with Gasteiger partial charge in [0.2, 0.25) is 0 Å². The van der Waals surface area contributed by atoms with E-state index in [1.807, 2.05) is 0 Å². The first kappa shape index (κ1) is 39.6. The lowest BCUT2D eigenvalue weighted by Gasteiger charge is -2.35. The molecule has 0 N–H and O–H groups in total. The molecule has 1 aliphatic rings. The molecule has 0 saturated carbocycles. The molecule has 1 aliphatic carbocycles. The second-order valence-corrected chi connectivity index (χ2v) is 17.9. The lowest BCUT2D eigenvalue weighted by Crippen LogP contribution is -2.28. The van der Waals surface area contributed by atoms with Crippen molar-refractivity contribution in [2.45, 2.75) is 5.41 Å². The van der Waals surface area contributed by atoms with Crippen LogP contribution in [0.3, 0.4) is 0 Å². The van der Waals surface area contributed by atoms with Gasteiger partial charge in [-0.05, 0) is 118 Å². The summed E-state index contributed by atoms with van der Waals surface area (Å²) in [4.78, 5) is 2.52. The summed E-state index contributed by atoms with van der Waals surface area (Å²) in [5, 5.41) is 7.31. The predicted octanol–water partition coefficient (Wildman–Crippen LogP) is 18.0. The molecule has 0 atom stereocenters. The molecular weight excluding hydrogens is 819 g/mol. The molecule has 318 valence electrons. The van der Waals surface area contributed by atoms with E-state index in [4.69, 9.17) is 0 Å². The topological polar surface area (TPSA) is 3.24 Å². The lowest BCUT2D eigenvalue weighted by molar-refractivity contribution is 0.768. The normalized spacial score (nSPS) is 12.5. The van der Waals surface area contributed by atoms with Crippen molar-refractivity contribution in [3.8, 4) is 44.5 Å². The van der Waals surface area contributed by atoms with Gasteiger partial charge in [-0.2, -0.15) is 0 Å². The average Bonchev–Trinajstić information content (AvgIpc) is 3.73. The van der Waals surface area contributed by atoms with E-state index in [1.54, 1.807) is 0 Å². The summed E-state index contributed by atoms with van der Waals surface area (Å²) in [6.45, 7) is 0. The van der Waals surface area contributed by atoms with Gasteiger partial charge in [-0.3, -0.25) is 0 Å². The van der Waals surface area contributed by atoms with E-state index >= 15 is 0 Å². The number of fused-ring (bicyclic) bond motifs is 7. The molecule has 0 fully saturated rings. The van der Waals surface area contributed by atoms with Gasteiger partial charge in [0.25, 0.3) is 0 Å². The molecule has 12 aromatic carbocycles. The summed E-state index contributed by atoms with van der Waals surface area (Å²) in [6, 6.07) is 101. The maximum Gasteiger partial charge on any atom is 0.0713 e. The van der Waals surface area contributed by atoms with E-state index in [-0.39, 0.29) is 0 Å². The van der Waals surface area contributed by atoms with Gasteiger partial charge >= 0.3 is 0 Å². The van der Waals surface area contributed by atoms with Crippen LogP contribution >= 0.6 is 0 Å². The Labute approximate surface area is 397 Å². The highest BCUT2D eigenvalue weighted by Gasteiger charge is 2.45. The van der Waals surface area contributed by atoms with E-state index in [2.05, 4.69) is 278 Å². The summed E-state index contributed by atoms with van der Waals surface area (Å²) in [5.74, 6) is 0. The van der Waals surface area contributed by atoms with Gasteiger partial charge in [-0.15, -0.1) is 0 Å². The number of anilines is 3. The average molecular weight is 864 g/mol. The molecule has 0 bridgehead atoms. The van der Waals surface area contributed by atoms with Gasteiger partial charge in [0.05, 0.1) is 11.1 Å². The predicted molar refractivity (Wildman–Crippen MR) is 287 cm³/mol. The Kier molecular flexibility index (Phi) is 9.47. The summed E-state index contributed by atoms with van der Waals surface area (Å²) in [6.07, 6.45) is 0. The lowest BCUT2D eigenvalue weighted by atomic mass is 9.67. The fourth-order valence-corrected chi connectivity index (χ4v) is 11.4. The smallest absolute Gasteiger partial charge is 0.0713 e. The molecule has 12 aromatic rings. The Morgan fingerprint density at radius 1 is 0.265 bits per heavy atom. The van der Waals surface area contributed by atoms with Crippen molar-refractivity contribution < 1.29 is 0 Å². The monoisotopic (exact) mass is 863 g/mol. The molecule has 0 radical (unpaired) electrons. The number of rotatable bonds is 8. The molecule has 68 heavy (non-hydrogen) atoms. The minimum absolute atomic E-state index is 0.502. The molecule has 1 nitrogen and oxygen atoms in total. The highest BCUT2D eigenvalue weighted by Crippen LogP contribution is 2.57. The van der Waals surface area contributed by atoms with Crippen LogP contribution in [0.2, 0.25) is 0 Å². The molecule has 0 saturated heterocycles. The third kappa shape index (κ3) is 6.24. The van der Waals surface area contributed by atoms with Crippen LogP contribution in [-0.4, -0.2) is 0 Å². The van der Waals surface area contributed by atoms with Crippen LogP contribution in [0.1, 0.15) is 22.3 Å².